The molecule has 0 N–H and O–H groups in total. The Kier molecular flexibility index (Phi) is 3.93. The van der Waals surface area contributed by atoms with E-state index in [1.165, 1.54) is 23.2 Å². The lowest BCUT2D eigenvalue weighted by Gasteiger charge is -2.32. The first-order valence-corrected chi connectivity index (χ1v) is 6.14. The quantitative estimate of drug-likeness (QED) is 0.795. The molecule has 2 heterocycles. The number of carbonyl (C=O) groups excluding carboxylic acids is 1. The number of hydrogen-bond donors (Lipinski definition) is 0. The van der Waals surface area contributed by atoms with E-state index in [0.717, 1.165) is 0 Å². The summed E-state index contributed by atoms with van der Waals surface area (Å²) in [4.78, 5) is 17.3. The average molecular weight is 283 g/mol. The number of nitriles is 1. The summed E-state index contributed by atoms with van der Waals surface area (Å²) in [6.07, 6.45) is -3.07. The molecule has 1 aromatic heterocycles. The van der Waals surface area contributed by atoms with Crippen LogP contribution < -0.4 is 0 Å². The molecule has 2 rings (SSSR count). The van der Waals surface area contributed by atoms with Gasteiger partial charge in [0.25, 0.3) is 5.91 Å². The molecule has 1 amide bonds. The molecule has 0 saturated carbocycles. The Balaban J connectivity index is 1.99. The third-order valence-corrected chi connectivity index (χ3v) is 3.36. The SMILES string of the molecule is N#Cc1ccc(C(=O)N2CCC(C(F)(F)F)CC2)nc1. The number of carbonyl (C=O) groups is 1. The van der Waals surface area contributed by atoms with Gasteiger partial charge in [0, 0.05) is 19.3 Å². The molecule has 1 saturated heterocycles. The summed E-state index contributed by atoms with van der Waals surface area (Å²) in [5.41, 5.74) is 0.479. The van der Waals surface area contributed by atoms with Gasteiger partial charge in [0.1, 0.15) is 11.8 Å². The first-order chi connectivity index (χ1) is 9.41. The van der Waals surface area contributed by atoms with E-state index in [-0.39, 0.29) is 31.6 Å². The topological polar surface area (TPSA) is 57.0 Å². The van der Waals surface area contributed by atoms with Crippen LogP contribution in [0.15, 0.2) is 18.3 Å². The Hall–Kier alpha value is -2.10. The first kappa shape index (κ1) is 14.3. The van der Waals surface area contributed by atoms with E-state index in [1.54, 1.807) is 0 Å². The molecule has 1 aliphatic rings. The van der Waals surface area contributed by atoms with E-state index in [1.807, 2.05) is 6.07 Å². The predicted octanol–water partition coefficient (Wildman–Crippen LogP) is 2.37. The molecule has 0 aliphatic carbocycles. The van der Waals surface area contributed by atoms with Crippen LogP contribution in [0.1, 0.15) is 28.9 Å². The highest BCUT2D eigenvalue weighted by Gasteiger charge is 2.41. The van der Waals surface area contributed by atoms with Crippen LogP contribution in [-0.2, 0) is 0 Å². The molecule has 20 heavy (non-hydrogen) atoms. The number of piperidine rings is 1. The van der Waals surface area contributed by atoms with Crippen molar-refractivity contribution in [1.29, 1.82) is 5.26 Å². The van der Waals surface area contributed by atoms with Crippen molar-refractivity contribution < 1.29 is 18.0 Å². The number of likely N-dealkylation sites (tertiary alicyclic amines) is 1. The van der Waals surface area contributed by atoms with Crippen LogP contribution in [0, 0.1) is 17.2 Å². The average Bonchev–Trinajstić information content (AvgIpc) is 2.46. The summed E-state index contributed by atoms with van der Waals surface area (Å²) in [5, 5.41) is 8.63. The van der Waals surface area contributed by atoms with Crippen LogP contribution in [0.25, 0.3) is 0 Å². The van der Waals surface area contributed by atoms with Gasteiger partial charge >= 0.3 is 6.18 Å². The fourth-order valence-corrected chi connectivity index (χ4v) is 2.16. The van der Waals surface area contributed by atoms with Crippen LogP contribution in [-0.4, -0.2) is 35.1 Å². The lowest BCUT2D eigenvalue weighted by molar-refractivity contribution is -0.183. The van der Waals surface area contributed by atoms with Crippen LogP contribution in [0.2, 0.25) is 0 Å². The van der Waals surface area contributed by atoms with Crippen molar-refractivity contribution in [2.75, 3.05) is 13.1 Å². The number of hydrogen-bond acceptors (Lipinski definition) is 3. The third kappa shape index (κ3) is 3.07. The summed E-state index contributed by atoms with van der Waals surface area (Å²) >= 11 is 0. The Labute approximate surface area is 113 Å². The maximum Gasteiger partial charge on any atom is 0.391 e. The number of pyridine rings is 1. The smallest absolute Gasteiger partial charge is 0.337 e. The molecular weight excluding hydrogens is 271 g/mol. The zero-order valence-corrected chi connectivity index (χ0v) is 10.5. The van der Waals surface area contributed by atoms with Crippen LogP contribution >= 0.6 is 0 Å². The molecule has 0 unspecified atom stereocenters. The Morgan fingerprint density at radius 2 is 2.00 bits per heavy atom. The number of nitrogens with zero attached hydrogens (tertiary/aromatic N) is 3. The van der Waals surface area contributed by atoms with Crippen molar-refractivity contribution in [3.8, 4) is 6.07 Å². The van der Waals surface area contributed by atoms with Crippen molar-refractivity contribution in [2.24, 2.45) is 5.92 Å². The molecule has 0 spiro atoms. The molecule has 0 bridgehead atoms. The summed E-state index contributed by atoms with van der Waals surface area (Å²) in [6, 6.07) is 4.76. The Morgan fingerprint density at radius 1 is 1.35 bits per heavy atom. The zero-order chi connectivity index (χ0) is 14.8. The van der Waals surface area contributed by atoms with E-state index in [9.17, 15) is 18.0 Å². The lowest BCUT2D eigenvalue weighted by Crippen LogP contribution is -2.42. The molecule has 0 aromatic carbocycles. The molecular formula is C13H12F3N3O. The molecule has 0 atom stereocenters. The van der Waals surface area contributed by atoms with E-state index < -0.39 is 18.0 Å². The zero-order valence-electron chi connectivity index (χ0n) is 10.5. The minimum atomic E-state index is -4.19. The van der Waals surface area contributed by atoms with E-state index in [4.69, 9.17) is 5.26 Å². The van der Waals surface area contributed by atoms with Crippen molar-refractivity contribution in [1.82, 2.24) is 9.88 Å². The Bertz CT molecular complexity index is 525. The minimum absolute atomic E-state index is 0.0741. The number of halogens is 3. The van der Waals surface area contributed by atoms with Gasteiger partial charge in [-0.2, -0.15) is 18.4 Å². The number of alkyl halides is 3. The number of rotatable bonds is 1. The fraction of sp³-hybridized carbons (Fsp3) is 0.462. The maximum absolute atomic E-state index is 12.5. The molecule has 7 heteroatoms. The number of amides is 1. The normalized spacial score (nSPS) is 16.8. The van der Waals surface area contributed by atoms with Crippen molar-refractivity contribution in [2.45, 2.75) is 19.0 Å². The van der Waals surface area contributed by atoms with Crippen LogP contribution in [0.5, 0.6) is 0 Å². The van der Waals surface area contributed by atoms with Gasteiger partial charge < -0.3 is 4.90 Å². The second-order valence-corrected chi connectivity index (χ2v) is 4.65. The van der Waals surface area contributed by atoms with Gasteiger partial charge in [0.05, 0.1) is 11.5 Å². The largest absolute Gasteiger partial charge is 0.391 e. The van der Waals surface area contributed by atoms with Gasteiger partial charge in [-0.15, -0.1) is 0 Å². The maximum atomic E-state index is 12.5. The first-order valence-electron chi connectivity index (χ1n) is 6.14. The monoisotopic (exact) mass is 283 g/mol. The molecule has 0 radical (unpaired) electrons. The number of aromatic nitrogens is 1. The minimum Gasteiger partial charge on any atom is -0.337 e. The summed E-state index contributed by atoms with van der Waals surface area (Å²) < 4.78 is 37.6. The molecule has 1 aromatic rings. The van der Waals surface area contributed by atoms with Gasteiger partial charge in [-0.05, 0) is 25.0 Å². The molecule has 1 aliphatic heterocycles. The summed E-state index contributed by atoms with van der Waals surface area (Å²) in [5.74, 6) is -1.73. The predicted molar refractivity (Wildman–Crippen MR) is 63.6 cm³/mol. The van der Waals surface area contributed by atoms with Crippen molar-refractivity contribution in [3.05, 3.63) is 29.6 Å². The standard InChI is InChI=1S/C13H12F3N3O/c14-13(15,16)10-3-5-19(6-4-10)12(20)11-2-1-9(7-17)8-18-11/h1-2,8,10H,3-6H2. The third-order valence-electron chi connectivity index (χ3n) is 3.36. The van der Waals surface area contributed by atoms with Gasteiger partial charge in [0.15, 0.2) is 0 Å². The lowest BCUT2D eigenvalue weighted by atomic mass is 9.96. The van der Waals surface area contributed by atoms with Gasteiger partial charge in [0.2, 0.25) is 0 Å². The highest BCUT2D eigenvalue weighted by Crippen LogP contribution is 2.34. The van der Waals surface area contributed by atoms with E-state index in [2.05, 4.69) is 4.98 Å². The van der Waals surface area contributed by atoms with E-state index in [0.29, 0.717) is 5.56 Å². The van der Waals surface area contributed by atoms with E-state index >= 15 is 0 Å². The molecule has 4 nitrogen and oxygen atoms in total. The van der Waals surface area contributed by atoms with Gasteiger partial charge in [-0.25, -0.2) is 4.98 Å². The molecule has 1 fully saturated rings. The van der Waals surface area contributed by atoms with Crippen molar-refractivity contribution in [3.63, 3.8) is 0 Å². The second kappa shape index (κ2) is 5.49. The van der Waals surface area contributed by atoms with Crippen molar-refractivity contribution >= 4 is 5.91 Å². The summed E-state index contributed by atoms with van der Waals surface area (Å²) in [7, 11) is 0. The second-order valence-electron chi connectivity index (χ2n) is 4.65. The molecule has 106 valence electrons. The highest BCUT2D eigenvalue weighted by atomic mass is 19.4. The van der Waals surface area contributed by atoms with Gasteiger partial charge in [-0.1, -0.05) is 0 Å². The highest BCUT2D eigenvalue weighted by molar-refractivity contribution is 5.92. The van der Waals surface area contributed by atoms with Crippen LogP contribution in [0.4, 0.5) is 13.2 Å². The fourth-order valence-electron chi connectivity index (χ4n) is 2.16. The van der Waals surface area contributed by atoms with Gasteiger partial charge in [-0.3, -0.25) is 4.79 Å². The summed E-state index contributed by atoms with van der Waals surface area (Å²) in [6.45, 7) is 0.148. The Morgan fingerprint density at radius 3 is 2.45 bits per heavy atom. The van der Waals surface area contributed by atoms with Crippen LogP contribution in [0.3, 0.4) is 0 Å².